The van der Waals surface area contributed by atoms with Crippen LogP contribution in [-0.4, -0.2) is 108 Å². The molecule has 3 aromatic carbocycles. The summed E-state index contributed by atoms with van der Waals surface area (Å²) in [7, 11) is 0. The van der Waals surface area contributed by atoms with Gasteiger partial charge in [-0.25, -0.2) is 0 Å². The fourth-order valence-corrected chi connectivity index (χ4v) is 8.65. The molecule has 3 N–H and O–H groups in total. The van der Waals surface area contributed by atoms with Gasteiger partial charge in [0.2, 0.25) is 11.8 Å². The van der Waals surface area contributed by atoms with Crippen molar-refractivity contribution in [2.24, 2.45) is 0 Å². The van der Waals surface area contributed by atoms with Gasteiger partial charge in [0.25, 0.3) is 11.8 Å². The minimum atomic E-state index is -0.884. The first kappa shape index (κ1) is 37.8. The topological polar surface area (TPSA) is 117 Å². The minimum absolute atomic E-state index is 0.00890. The van der Waals surface area contributed by atoms with Crippen LogP contribution in [-0.2, 0) is 27.3 Å². The van der Waals surface area contributed by atoms with Gasteiger partial charge in [-0.05, 0) is 73.2 Å². The number of halogens is 1. The molecule has 54 heavy (non-hydrogen) atoms. The van der Waals surface area contributed by atoms with Crippen molar-refractivity contribution in [1.82, 2.24) is 30.7 Å². The summed E-state index contributed by atoms with van der Waals surface area (Å²) in [5, 5.41) is 10.2. The number of amides is 4. The molecule has 0 radical (unpaired) electrons. The van der Waals surface area contributed by atoms with Crippen molar-refractivity contribution < 1.29 is 19.2 Å². The minimum Gasteiger partial charge on any atom is -0.352 e. The lowest BCUT2D eigenvalue weighted by Gasteiger charge is -2.44. The van der Waals surface area contributed by atoms with Crippen LogP contribution in [0.4, 0.5) is 5.69 Å². The van der Waals surface area contributed by atoms with Crippen LogP contribution in [0.15, 0.2) is 78.9 Å². The summed E-state index contributed by atoms with van der Waals surface area (Å²) in [4.78, 5) is 63.5. The van der Waals surface area contributed by atoms with E-state index in [0.29, 0.717) is 49.6 Å². The van der Waals surface area contributed by atoms with E-state index in [1.165, 1.54) is 6.42 Å². The van der Waals surface area contributed by atoms with Crippen molar-refractivity contribution in [3.8, 4) is 0 Å². The first-order chi connectivity index (χ1) is 26.3. The fourth-order valence-electron chi connectivity index (χ4n) is 8.52. The third-order valence-corrected chi connectivity index (χ3v) is 11.8. The highest BCUT2D eigenvalue weighted by Crippen LogP contribution is 2.39. The number of piperazine rings is 1. The summed E-state index contributed by atoms with van der Waals surface area (Å²) in [6.07, 6.45) is 6.49. The van der Waals surface area contributed by atoms with Gasteiger partial charge in [-0.2, -0.15) is 0 Å². The second kappa shape index (κ2) is 17.3. The van der Waals surface area contributed by atoms with E-state index in [0.717, 1.165) is 75.2 Å². The smallest absolute Gasteiger partial charge is 0.251 e. The molecule has 12 heteroatoms. The zero-order valence-electron chi connectivity index (χ0n) is 31.0. The molecule has 1 aliphatic carbocycles. The molecule has 11 nitrogen and oxygen atoms in total. The van der Waals surface area contributed by atoms with Gasteiger partial charge in [0, 0.05) is 74.5 Å². The van der Waals surface area contributed by atoms with Crippen molar-refractivity contribution in [2.45, 2.75) is 75.5 Å². The molecular weight excluding hydrogens is 702 g/mol. The Kier molecular flexibility index (Phi) is 12.2. The second-order valence-corrected chi connectivity index (χ2v) is 15.7. The summed E-state index contributed by atoms with van der Waals surface area (Å²) in [5.74, 6) is -0.705. The molecule has 0 aromatic heterocycles. The molecule has 4 aliphatic rings. The number of hydrogen-bond acceptors (Lipinski definition) is 7. The first-order valence-electron chi connectivity index (χ1n) is 19.5. The van der Waals surface area contributed by atoms with Gasteiger partial charge < -0.3 is 30.7 Å². The van der Waals surface area contributed by atoms with Gasteiger partial charge in [0.15, 0.2) is 0 Å². The normalized spacial score (nSPS) is 19.9. The third kappa shape index (κ3) is 8.91. The van der Waals surface area contributed by atoms with E-state index in [4.69, 9.17) is 11.6 Å². The van der Waals surface area contributed by atoms with Crippen molar-refractivity contribution >= 4 is 40.9 Å². The lowest BCUT2D eigenvalue weighted by molar-refractivity contribution is -0.140. The number of carbonyl (C=O) groups excluding carboxylic acids is 4. The quantitative estimate of drug-likeness (QED) is 0.269. The maximum Gasteiger partial charge on any atom is 0.251 e. The number of para-hydroxylation sites is 1. The van der Waals surface area contributed by atoms with E-state index in [2.05, 4.69) is 25.8 Å². The second-order valence-electron chi connectivity index (χ2n) is 15.2. The largest absolute Gasteiger partial charge is 0.352 e. The van der Waals surface area contributed by atoms with Crippen LogP contribution >= 0.6 is 11.6 Å². The van der Waals surface area contributed by atoms with Gasteiger partial charge >= 0.3 is 0 Å². The Hall–Kier alpha value is -4.45. The van der Waals surface area contributed by atoms with Gasteiger partial charge in [-0.15, -0.1) is 0 Å². The summed E-state index contributed by atoms with van der Waals surface area (Å²) < 4.78 is 0. The third-order valence-electron chi connectivity index (χ3n) is 11.6. The molecule has 286 valence electrons. The SMILES string of the molecule is O=C(CN1CN(c2ccccc2)C2(CCN(C(=O)[C@@H](Cc3ccc(Cl)cc3)NC(=O)c3ccc(CN4CCNCC4)cc3)CC2)C1=O)NC1CCCCC1. The molecule has 0 unspecified atom stereocenters. The van der Waals surface area contributed by atoms with Gasteiger partial charge in [-0.3, -0.25) is 24.1 Å². The Labute approximate surface area is 323 Å². The molecule has 1 saturated carbocycles. The molecule has 1 spiro atoms. The van der Waals surface area contributed by atoms with Crippen LogP contribution in [0, 0.1) is 0 Å². The summed E-state index contributed by atoms with van der Waals surface area (Å²) >= 11 is 6.17. The highest BCUT2D eigenvalue weighted by Gasteiger charge is 2.54. The number of piperidine rings is 1. The Morgan fingerprint density at radius 3 is 2.19 bits per heavy atom. The standard InChI is InChI=1S/C42H52ClN7O4/c43-34-17-13-31(14-18-34)27-37(46-39(52)33-15-11-32(12-16-33)28-47-25-21-44-22-26-47)40(53)48-23-19-42(20-24-48)41(54)49(30-50(42)36-9-5-2-6-10-36)29-38(51)45-35-7-3-1-4-8-35/h2,5-6,9-18,35,37,44H,1,3-4,7-8,19-30H2,(H,45,51)(H,46,52)/t37-/m1/s1. The fraction of sp³-hybridized carbons (Fsp3) is 0.476. The number of nitrogens with zero attached hydrogens (tertiary/aromatic N) is 4. The van der Waals surface area contributed by atoms with Crippen LogP contribution in [0.5, 0.6) is 0 Å². The van der Waals surface area contributed by atoms with E-state index >= 15 is 0 Å². The number of benzene rings is 3. The van der Waals surface area contributed by atoms with Crippen LogP contribution < -0.4 is 20.9 Å². The van der Waals surface area contributed by atoms with Crippen molar-refractivity contribution in [1.29, 1.82) is 0 Å². The van der Waals surface area contributed by atoms with Crippen molar-refractivity contribution in [3.05, 3.63) is 101 Å². The molecule has 3 saturated heterocycles. The van der Waals surface area contributed by atoms with Crippen LogP contribution in [0.3, 0.4) is 0 Å². The Balaban J connectivity index is 1.04. The van der Waals surface area contributed by atoms with E-state index < -0.39 is 11.6 Å². The Morgan fingerprint density at radius 2 is 1.50 bits per heavy atom. The lowest BCUT2D eigenvalue weighted by atomic mass is 9.85. The monoisotopic (exact) mass is 753 g/mol. The average Bonchev–Trinajstić information content (AvgIpc) is 3.45. The number of nitrogens with one attached hydrogen (secondary N) is 3. The number of rotatable bonds is 11. The highest BCUT2D eigenvalue weighted by atomic mass is 35.5. The molecule has 0 bridgehead atoms. The van der Waals surface area contributed by atoms with Crippen molar-refractivity contribution in [2.75, 3.05) is 57.4 Å². The van der Waals surface area contributed by atoms with E-state index in [-0.39, 0.29) is 36.2 Å². The van der Waals surface area contributed by atoms with E-state index in [1.54, 1.807) is 21.9 Å². The number of likely N-dealkylation sites (tertiary alicyclic amines) is 1. The van der Waals surface area contributed by atoms with E-state index in [1.807, 2.05) is 66.7 Å². The highest BCUT2D eigenvalue weighted by molar-refractivity contribution is 6.30. The molecular formula is C42H52ClN7O4. The van der Waals surface area contributed by atoms with Gasteiger partial charge in [0.1, 0.15) is 18.1 Å². The number of hydrogen-bond donors (Lipinski definition) is 3. The summed E-state index contributed by atoms with van der Waals surface area (Å²) in [6, 6.07) is 24.1. The summed E-state index contributed by atoms with van der Waals surface area (Å²) in [5.41, 5.74) is 2.53. The first-order valence-corrected chi connectivity index (χ1v) is 19.9. The Bertz CT molecular complexity index is 1750. The van der Waals surface area contributed by atoms with Crippen molar-refractivity contribution in [3.63, 3.8) is 0 Å². The predicted octanol–water partition coefficient (Wildman–Crippen LogP) is 4.20. The van der Waals surface area contributed by atoms with E-state index in [9.17, 15) is 19.2 Å². The Morgan fingerprint density at radius 1 is 0.833 bits per heavy atom. The molecule has 7 rings (SSSR count). The molecule has 3 heterocycles. The number of carbonyl (C=O) groups is 4. The molecule has 4 fully saturated rings. The van der Waals surface area contributed by atoms with Gasteiger partial charge in [0.05, 0.1) is 6.67 Å². The zero-order chi connectivity index (χ0) is 37.5. The molecule has 3 aromatic rings. The predicted molar refractivity (Wildman–Crippen MR) is 210 cm³/mol. The number of anilines is 1. The van der Waals surface area contributed by atoms with Crippen LogP contribution in [0.2, 0.25) is 5.02 Å². The maximum atomic E-state index is 14.4. The molecule has 3 aliphatic heterocycles. The summed E-state index contributed by atoms with van der Waals surface area (Å²) in [6.45, 7) is 5.74. The van der Waals surface area contributed by atoms with Gasteiger partial charge in [-0.1, -0.05) is 73.3 Å². The van der Waals surface area contributed by atoms with Crippen LogP contribution in [0.1, 0.15) is 66.4 Å². The average molecular weight is 754 g/mol. The lowest BCUT2D eigenvalue weighted by Crippen LogP contribution is -2.60. The van der Waals surface area contributed by atoms with Crippen LogP contribution in [0.25, 0.3) is 0 Å². The zero-order valence-corrected chi connectivity index (χ0v) is 31.7. The maximum absolute atomic E-state index is 14.4. The molecule has 1 atom stereocenters. The molecule has 4 amide bonds.